The van der Waals surface area contributed by atoms with Gasteiger partial charge in [-0.05, 0) is 37.6 Å². The van der Waals surface area contributed by atoms with Crippen LogP contribution in [0.3, 0.4) is 0 Å². The number of ether oxygens (including phenoxy) is 1. The molecule has 0 aliphatic heterocycles. The van der Waals surface area contributed by atoms with Crippen molar-refractivity contribution < 1.29 is 14.7 Å². The number of aryl methyl sites for hydroxylation is 1. The summed E-state index contributed by atoms with van der Waals surface area (Å²) in [5.74, 6) is 0.417. The Labute approximate surface area is 88.2 Å². The maximum Gasteiger partial charge on any atom is 0.210 e. The third-order valence-electron chi connectivity index (χ3n) is 2.16. The molecule has 0 unspecified atom stereocenters. The number of benzene rings is 1. The third kappa shape index (κ3) is 2.34. The Morgan fingerprint density at radius 3 is 2.60 bits per heavy atom. The topological polar surface area (TPSA) is 58.9 Å². The fourth-order valence-corrected chi connectivity index (χ4v) is 1.26. The number of carbonyl (C=O) groups is 1. The van der Waals surface area contributed by atoms with E-state index in [-0.39, 0.29) is 11.5 Å². The van der Waals surface area contributed by atoms with Gasteiger partial charge in [0.2, 0.25) is 5.78 Å². The van der Waals surface area contributed by atoms with Gasteiger partial charge >= 0.3 is 0 Å². The van der Waals surface area contributed by atoms with Crippen LogP contribution in [-0.4, -0.2) is 23.8 Å². The predicted octanol–water partition coefficient (Wildman–Crippen LogP) is 2.04. The van der Waals surface area contributed by atoms with Crippen LogP contribution in [0.15, 0.2) is 23.4 Å². The van der Waals surface area contributed by atoms with E-state index in [1.165, 1.54) is 6.92 Å². The summed E-state index contributed by atoms with van der Waals surface area (Å²) in [5, 5.41) is 11.4. The van der Waals surface area contributed by atoms with Gasteiger partial charge in [-0.15, -0.1) is 0 Å². The number of Topliss-reactive ketones (excluding diaryl/α,β-unsaturated/α-hetero) is 1. The molecular weight excluding hydrogens is 194 g/mol. The Hall–Kier alpha value is -1.84. The molecule has 0 heterocycles. The first-order valence-electron chi connectivity index (χ1n) is 4.48. The Kier molecular flexibility index (Phi) is 3.44. The Bertz CT molecular complexity index is 410. The molecule has 15 heavy (non-hydrogen) atoms. The molecule has 0 fully saturated rings. The summed E-state index contributed by atoms with van der Waals surface area (Å²) in [6.07, 6.45) is 0. The van der Waals surface area contributed by atoms with Crippen molar-refractivity contribution in [1.82, 2.24) is 0 Å². The lowest BCUT2D eigenvalue weighted by atomic mass is 10.0. The number of oxime groups is 1. The first-order chi connectivity index (χ1) is 7.10. The van der Waals surface area contributed by atoms with E-state index < -0.39 is 0 Å². The minimum Gasteiger partial charge on any atom is -0.497 e. The molecule has 0 spiro atoms. The average Bonchev–Trinajstić information content (AvgIpc) is 2.26. The summed E-state index contributed by atoms with van der Waals surface area (Å²) >= 11 is 0. The second-order valence-electron chi connectivity index (χ2n) is 3.20. The second-order valence-corrected chi connectivity index (χ2v) is 3.20. The lowest BCUT2D eigenvalue weighted by molar-refractivity contribution is 0.106. The first-order valence-corrected chi connectivity index (χ1v) is 4.48. The molecule has 0 saturated carbocycles. The lowest BCUT2D eigenvalue weighted by Gasteiger charge is -2.06. The summed E-state index contributed by atoms with van der Waals surface area (Å²) in [6.45, 7) is 3.27. The predicted molar refractivity (Wildman–Crippen MR) is 57.0 cm³/mol. The van der Waals surface area contributed by atoms with Gasteiger partial charge in [0.25, 0.3) is 0 Å². The zero-order chi connectivity index (χ0) is 11.4. The molecule has 0 aromatic heterocycles. The number of ketones is 1. The van der Waals surface area contributed by atoms with Crippen molar-refractivity contribution in [1.29, 1.82) is 0 Å². The van der Waals surface area contributed by atoms with Crippen molar-refractivity contribution in [3.63, 3.8) is 0 Å². The molecule has 0 aliphatic rings. The van der Waals surface area contributed by atoms with E-state index in [2.05, 4.69) is 5.16 Å². The summed E-state index contributed by atoms with van der Waals surface area (Å²) in [4.78, 5) is 11.7. The second kappa shape index (κ2) is 4.59. The fraction of sp³-hybridized carbons (Fsp3) is 0.273. The van der Waals surface area contributed by atoms with Crippen LogP contribution < -0.4 is 4.74 Å². The van der Waals surface area contributed by atoms with Crippen molar-refractivity contribution in [2.24, 2.45) is 5.16 Å². The van der Waals surface area contributed by atoms with Crippen LogP contribution in [0.2, 0.25) is 0 Å². The Morgan fingerprint density at radius 1 is 1.47 bits per heavy atom. The molecule has 1 aromatic rings. The van der Waals surface area contributed by atoms with Crippen LogP contribution in [0.1, 0.15) is 22.8 Å². The van der Waals surface area contributed by atoms with E-state index in [1.807, 2.05) is 0 Å². The molecule has 0 atom stereocenters. The van der Waals surface area contributed by atoms with Crippen LogP contribution in [0.25, 0.3) is 0 Å². The molecule has 0 radical (unpaired) electrons. The standard InChI is InChI=1S/C11H13NO3/c1-7-6-9(15-3)4-5-10(7)11(13)8(2)12-14/h4-6,14H,1-3H3/b12-8+. The van der Waals surface area contributed by atoms with E-state index in [9.17, 15) is 4.79 Å². The maximum absolute atomic E-state index is 11.7. The molecule has 0 aliphatic carbocycles. The summed E-state index contributed by atoms with van der Waals surface area (Å²) in [6, 6.07) is 5.12. The van der Waals surface area contributed by atoms with Crippen LogP contribution >= 0.6 is 0 Å². The Morgan fingerprint density at radius 2 is 2.13 bits per heavy atom. The van der Waals surface area contributed by atoms with Crippen LogP contribution in [0.5, 0.6) is 5.75 Å². The summed E-state index contributed by atoms with van der Waals surface area (Å²) in [5.41, 5.74) is 1.39. The number of hydrogen-bond donors (Lipinski definition) is 1. The number of nitrogens with zero attached hydrogens (tertiary/aromatic N) is 1. The molecule has 0 bridgehead atoms. The quantitative estimate of drug-likeness (QED) is 0.357. The first kappa shape index (κ1) is 11.2. The molecule has 80 valence electrons. The molecule has 0 amide bonds. The van der Waals surface area contributed by atoms with Gasteiger partial charge < -0.3 is 9.94 Å². The molecular formula is C11H13NO3. The monoisotopic (exact) mass is 207 g/mol. The molecule has 4 heteroatoms. The maximum atomic E-state index is 11.7. The van der Waals surface area contributed by atoms with Gasteiger partial charge in [0.15, 0.2) is 0 Å². The van der Waals surface area contributed by atoms with E-state index in [0.717, 1.165) is 5.56 Å². The van der Waals surface area contributed by atoms with Gasteiger partial charge in [0.05, 0.1) is 7.11 Å². The van der Waals surface area contributed by atoms with E-state index in [0.29, 0.717) is 11.3 Å². The zero-order valence-corrected chi connectivity index (χ0v) is 8.94. The fourth-order valence-electron chi connectivity index (χ4n) is 1.26. The van der Waals surface area contributed by atoms with Gasteiger partial charge in [-0.3, -0.25) is 4.79 Å². The molecule has 1 aromatic carbocycles. The highest BCUT2D eigenvalue weighted by molar-refractivity contribution is 6.45. The zero-order valence-electron chi connectivity index (χ0n) is 8.94. The van der Waals surface area contributed by atoms with Crippen LogP contribution in [-0.2, 0) is 0 Å². The minimum absolute atomic E-state index is 0.0725. The van der Waals surface area contributed by atoms with Crippen molar-refractivity contribution in [3.05, 3.63) is 29.3 Å². The molecule has 4 nitrogen and oxygen atoms in total. The van der Waals surface area contributed by atoms with Gasteiger partial charge in [0, 0.05) is 5.56 Å². The molecule has 0 saturated heterocycles. The van der Waals surface area contributed by atoms with Crippen LogP contribution in [0, 0.1) is 6.92 Å². The third-order valence-corrected chi connectivity index (χ3v) is 2.16. The highest BCUT2D eigenvalue weighted by Gasteiger charge is 2.13. The van der Waals surface area contributed by atoms with E-state index >= 15 is 0 Å². The number of rotatable bonds is 3. The van der Waals surface area contributed by atoms with Gasteiger partial charge in [-0.1, -0.05) is 5.16 Å². The average molecular weight is 207 g/mol. The number of carbonyl (C=O) groups excluding carboxylic acids is 1. The minimum atomic E-state index is -0.280. The van der Waals surface area contributed by atoms with Crippen molar-refractivity contribution >= 4 is 11.5 Å². The van der Waals surface area contributed by atoms with E-state index in [1.54, 1.807) is 32.2 Å². The van der Waals surface area contributed by atoms with Crippen molar-refractivity contribution in [3.8, 4) is 5.75 Å². The molecule has 1 rings (SSSR count). The lowest BCUT2D eigenvalue weighted by Crippen LogP contribution is -2.11. The van der Waals surface area contributed by atoms with Gasteiger partial charge in [0.1, 0.15) is 11.5 Å². The smallest absolute Gasteiger partial charge is 0.210 e. The van der Waals surface area contributed by atoms with Gasteiger partial charge in [-0.25, -0.2) is 0 Å². The Balaban J connectivity index is 3.11. The number of hydrogen-bond acceptors (Lipinski definition) is 4. The largest absolute Gasteiger partial charge is 0.497 e. The normalized spacial score (nSPS) is 11.3. The van der Waals surface area contributed by atoms with Crippen molar-refractivity contribution in [2.45, 2.75) is 13.8 Å². The van der Waals surface area contributed by atoms with Gasteiger partial charge in [-0.2, -0.15) is 0 Å². The highest BCUT2D eigenvalue weighted by Crippen LogP contribution is 2.17. The summed E-state index contributed by atoms with van der Waals surface area (Å²) in [7, 11) is 1.57. The highest BCUT2D eigenvalue weighted by atomic mass is 16.5. The van der Waals surface area contributed by atoms with Crippen molar-refractivity contribution in [2.75, 3.05) is 7.11 Å². The SMILES string of the molecule is COc1ccc(C(=O)/C(C)=N/O)c(C)c1. The number of methoxy groups -OCH3 is 1. The van der Waals surface area contributed by atoms with E-state index in [4.69, 9.17) is 9.94 Å². The summed E-state index contributed by atoms with van der Waals surface area (Å²) < 4.78 is 5.03. The molecule has 1 N–H and O–H groups in total. The van der Waals surface area contributed by atoms with Crippen LogP contribution in [0.4, 0.5) is 0 Å².